The van der Waals surface area contributed by atoms with E-state index in [0.29, 0.717) is 18.0 Å². The molecule has 6 heteroatoms. The van der Waals surface area contributed by atoms with Crippen molar-refractivity contribution in [3.63, 3.8) is 0 Å². The standard InChI is InChI=1S/C20H22N4O2/c1-13-6-7-21-17(10-13)19(14-2-3-14)23-20(26)15-4-5-18-16(11-15)22-12-24(18)8-9-25/h4-7,10-12,14,19,25H,2-3,8-9H2,1H3,(H,23,26). The number of fused-ring (bicyclic) bond motifs is 1. The summed E-state index contributed by atoms with van der Waals surface area (Å²) in [6.45, 7) is 2.58. The van der Waals surface area contributed by atoms with Gasteiger partial charge >= 0.3 is 0 Å². The summed E-state index contributed by atoms with van der Waals surface area (Å²) < 4.78 is 1.88. The summed E-state index contributed by atoms with van der Waals surface area (Å²) in [5, 5.41) is 12.3. The molecule has 2 heterocycles. The van der Waals surface area contributed by atoms with Crippen LogP contribution in [0.25, 0.3) is 11.0 Å². The number of rotatable bonds is 6. The fraction of sp³-hybridized carbons (Fsp3) is 0.350. The van der Waals surface area contributed by atoms with Crippen molar-refractivity contribution < 1.29 is 9.90 Å². The van der Waals surface area contributed by atoms with Crippen LogP contribution in [-0.2, 0) is 6.54 Å². The van der Waals surface area contributed by atoms with Crippen LogP contribution in [0.4, 0.5) is 0 Å². The van der Waals surface area contributed by atoms with E-state index in [1.807, 2.05) is 29.7 Å². The van der Waals surface area contributed by atoms with E-state index in [1.165, 1.54) is 0 Å². The lowest BCUT2D eigenvalue weighted by Crippen LogP contribution is -2.30. The molecule has 6 nitrogen and oxygen atoms in total. The van der Waals surface area contributed by atoms with Crippen LogP contribution in [0.3, 0.4) is 0 Å². The zero-order valence-corrected chi connectivity index (χ0v) is 14.7. The van der Waals surface area contributed by atoms with E-state index in [-0.39, 0.29) is 18.6 Å². The van der Waals surface area contributed by atoms with Gasteiger partial charge in [-0.1, -0.05) is 0 Å². The Hall–Kier alpha value is -2.73. The van der Waals surface area contributed by atoms with Crippen LogP contribution in [0, 0.1) is 12.8 Å². The lowest BCUT2D eigenvalue weighted by Gasteiger charge is -2.18. The van der Waals surface area contributed by atoms with E-state index >= 15 is 0 Å². The number of hydrogen-bond donors (Lipinski definition) is 2. The maximum Gasteiger partial charge on any atom is 0.251 e. The van der Waals surface area contributed by atoms with E-state index in [0.717, 1.165) is 35.1 Å². The lowest BCUT2D eigenvalue weighted by molar-refractivity contribution is 0.0930. The van der Waals surface area contributed by atoms with E-state index < -0.39 is 0 Å². The van der Waals surface area contributed by atoms with Gasteiger partial charge in [0.1, 0.15) is 0 Å². The van der Waals surface area contributed by atoms with Crippen molar-refractivity contribution in [1.29, 1.82) is 0 Å². The Bertz CT molecular complexity index is 946. The average Bonchev–Trinajstić information content (AvgIpc) is 3.41. The van der Waals surface area contributed by atoms with Gasteiger partial charge in [-0.15, -0.1) is 0 Å². The van der Waals surface area contributed by atoms with Gasteiger partial charge in [0, 0.05) is 18.3 Å². The molecule has 0 radical (unpaired) electrons. The van der Waals surface area contributed by atoms with Gasteiger partial charge in [0.2, 0.25) is 0 Å². The predicted molar refractivity (Wildman–Crippen MR) is 98.7 cm³/mol. The number of aliphatic hydroxyl groups excluding tert-OH is 1. The maximum atomic E-state index is 12.8. The minimum absolute atomic E-state index is 0.0509. The minimum atomic E-state index is -0.108. The van der Waals surface area contributed by atoms with Crippen molar-refractivity contribution in [1.82, 2.24) is 19.9 Å². The molecule has 1 fully saturated rings. The minimum Gasteiger partial charge on any atom is -0.395 e. The molecular formula is C20H22N4O2. The number of nitrogens with one attached hydrogen (secondary N) is 1. The van der Waals surface area contributed by atoms with Crippen molar-refractivity contribution in [2.24, 2.45) is 5.92 Å². The number of aliphatic hydroxyl groups is 1. The molecule has 1 aliphatic carbocycles. The maximum absolute atomic E-state index is 12.8. The van der Waals surface area contributed by atoms with Gasteiger partial charge < -0.3 is 15.0 Å². The third-order valence-electron chi connectivity index (χ3n) is 4.86. The van der Waals surface area contributed by atoms with Crippen molar-refractivity contribution in [2.75, 3.05) is 6.61 Å². The summed E-state index contributed by atoms with van der Waals surface area (Å²) in [7, 11) is 0. The predicted octanol–water partition coefficient (Wildman–Crippen LogP) is 2.61. The van der Waals surface area contributed by atoms with Gasteiger partial charge in [-0.2, -0.15) is 0 Å². The number of hydrogen-bond acceptors (Lipinski definition) is 4. The van der Waals surface area contributed by atoms with Crippen molar-refractivity contribution in [2.45, 2.75) is 32.4 Å². The lowest BCUT2D eigenvalue weighted by atomic mass is 10.1. The van der Waals surface area contributed by atoms with Gasteiger partial charge in [-0.05, 0) is 61.6 Å². The van der Waals surface area contributed by atoms with Gasteiger partial charge in [-0.25, -0.2) is 4.98 Å². The molecule has 3 aromatic rings. The summed E-state index contributed by atoms with van der Waals surface area (Å²) in [6, 6.07) is 9.44. The van der Waals surface area contributed by atoms with E-state index in [9.17, 15) is 4.79 Å². The van der Waals surface area contributed by atoms with Crippen LogP contribution < -0.4 is 5.32 Å². The monoisotopic (exact) mass is 350 g/mol. The van der Waals surface area contributed by atoms with E-state index in [2.05, 4.69) is 15.3 Å². The largest absolute Gasteiger partial charge is 0.395 e. The Morgan fingerprint density at radius 2 is 2.15 bits per heavy atom. The van der Waals surface area contributed by atoms with Crippen LogP contribution >= 0.6 is 0 Å². The SMILES string of the molecule is Cc1ccnc(C(NC(=O)c2ccc3c(c2)ncn3CCO)C2CC2)c1. The van der Waals surface area contributed by atoms with Crippen LogP contribution in [-0.4, -0.2) is 32.2 Å². The first-order chi connectivity index (χ1) is 12.7. The summed E-state index contributed by atoms with van der Waals surface area (Å²) in [6.07, 6.45) is 5.72. The molecular weight excluding hydrogens is 328 g/mol. The molecule has 1 saturated carbocycles. The molecule has 0 bridgehead atoms. The fourth-order valence-electron chi connectivity index (χ4n) is 3.31. The van der Waals surface area contributed by atoms with E-state index in [4.69, 9.17) is 5.11 Å². The topological polar surface area (TPSA) is 80.0 Å². The molecule has 26 heavy (non-hydrogen) atoms. The summed E-state index contributed by atoms with van der Waals surface area (Å²) >= 11 is 0. The third-order valence-corrected chi connectivity index (χ3v) is 4.86. The fourth-order valence-corrected chi connectivity index (χ4v) is 3.31. The highest BCUT2D eigenvalue weighted by molar-refractivity contribution is 5.97. The zero-order chi connectivity index (χ0) is 18.1. The highest BCUT2D eigenvalue weighted by Gasteiger charge is 2.34. The molecule has 2 N–H and O–H groups in total. The summed E-state index contributed by atoms with van der Waals surface area (Å²) in [5.41, 5.74) is 4.32. The Balaban J connectivity index is 1.57. The molecule has 1 aromatic carbocycles. The number of aryl methyl sites for hydroxylation is 1. The number of carbonyl (C=O) groups is 1. The number of pyridine rings is 1. The second-order valence-corrected chi connectivity index (χ2v) is 6.91. The van der Waals surface area contributed by atoms with E-state index in [1.54, 1.807) is 24.7 Å². The Morgan fingerprint density at radius 1 is 1.31 bits per heavy atom. The van der Waals surface area contributed by atoms with Crippen molar-refractivity contribution in [3.8, 4) is 0 Å². The average molecular weight is 350 g/mol. The van der Waals surface area contributed by atoms with Gasteiger partial charge in [-0.3, -0.25) is 9.78 Å². The van der Waals surface area contributed by atoms with Crippen molar-refractivity contribution in [3.05, 3.63) is 59.7 Å². The summed E-state index contributed by atoms with van der Waals surface area (Å²) in [4.78, 5) is 21.6. The molecule has 1 unspecified atom stereocenters. The second kappa shape index (κ2) is 6.88. The Kier molecular flexibility index (Phi) is 4.42. The van der Waals surface area contributed by atoms with Crippen LogP contribution in [0.15, 0.2) is 42.9 Å². The summed E-state index contributed by atoms with van der Waals surface area (Å²) in [5.74, 6) is 0.351. The number of aromatic nitrogens is 3. The molecule has 1 amide bonds. The Morgan fingerprint density at radius 3 is 2.88 bits per heavy atom. The normalized spacial score (nSPS) is 15.2. The highest BCUT2D eigenvalue weighted by atomic mass is 16.3. The second-order valence-electron chi connectivity index (χ2n) is 6.91. The van der Waals surface area contributed by atoms with Crippen LogP contribution in [0.5, 0.6) is 0 Å². The molecule has 0 spiro atoms. The molecule has 4 rings (SSSR count). The van der Waals surface area contributed by atoms with Crippen molar-refractivity contribution >= 4 is 16.9 Å². The quantitative estimate of drug-likeness (QED) is 0.716. The van der Waals surface area contributed by atoms with Gasteiger partial charge in [0.05, 0.1) is 35.7 Å². The van der Waals surface area contributed by atoms with Gasteiger partial charge in [0.15, 0.2) is 0 Å². The number of amides is 1. The van der Waals surface area contributed by atoms with Crippen LogP contribution in [0.2, 0.25) is 0 Å². The number of benzene rings is 1. The van der Waals surface area contributed by atoms with Gasteiger partial charge in [0.25, 0.3) is 5.91 Å². The number of imidazole rings is 1. The third kappa shape index (κ3) is 3.32. The molecule has 0 aliphatic heterocycles. The number of carbonyl (C=O) groups excluding carboxylic acids is 1. The highest BCUT2D eigenvalue weighted by Crippen LogP contribution is 2.40. The first kappa shape index (κ1) is 16.7. The number of nitrogens with zero attached hydrogens (tertiary/aromatic N) is 3. The molecule has 1 atom stereocenters. The first-order valence-corrected chi connectivity index (χ1v) is 8.95. The molecule has 2 aromatic heterocycles. The first-order valence-electron chi connectivity index (χ1n) is 8.95. The molecule has 1 aliphatic rings. The molecule has 0 saturated heterocycles. The Labute approximate surface area is 151 Å². The smallest absolute Gasteiger partial charge is 0.251 e. The zero-order valence-electron chi connectivity index (χ0n) is 14.7. The van der Waals surface area contributed by atoms with Crippen LogP contribution in [0.1, 0.15) is 40.5 Å². The molecule has 134 valence electrons.